The first-order valence-electron chi connectivity index (χ1n) is 6.21. The van der Waals surface area contributed by atoms with Gasteiger partial charge in [-0.05, 0) is 31.4 Å². The molecule has 1 aromatic rings. The van der Waals surface area contributed by atoms with Crippen molar-refractivity contribution >= 4 is 17.7 Å². The van der Waals surface area contributed by atoms with Crippen molar-refractivity contribution in [3.63, 3.8) is 0 Å². The van der Waals surface area contributed by atoms with Crippen LogP contribution < -0.4 is 10.6 Å². The van der Waals surface area contributed by atoms with Gasteiger partial charge < -0.3 is 15.7 Å². The van der Waals surface area contributed by atoms with Crippen molar-refractivity contribution < 1.29 is 23.5 Å². The van der Waals surface area contributed by atoms with E-state index in [9.17, 15) is 18.4 Å². The van der Waals surface area contributed by atoms with E-state index in [4.69, 9.17) is 5.11 Å². The van der Waals surface area contributed by atoms with Gasteiger partial charge in [0.1, 0.15) is 0 Å². The average molecular weight is 284 g/mol. The zero-order valence-electron chi connectivity index (χ0n) is 10.5. The normalized spacial score (nSPS) is 21.5. The Morgan fingerprint density at radius 2 is 1.95 bits per heavy atom. The lowest BCUT2D eigenvalue weighted by atomic mass is 10.1. The smallest absolute Gasteiger partial charge is 0.319 e. The van der Waals surface area contributed by atoms with E-state index < -0.39 is 29.6 Å². The molecule has 0 aliphatic heterocycles. The highest BCUT2D eigenvalue weighted by atomic mass is 19.2. The number of rotatable bonds is 3. The summed E-state index contributed by atoms with van der Waals surface area (Å²) in [6.45, 7) is 0. The van der Waals surface area contributed by atoms with E-state index in [2.05, 4.69) is 10.6 Å². The van der Waals surface area contributed by atoms with Crippen molar-refractivity contribution in [2.24, 2.45) is 5.92 Å². The van der Waals surface area contributed by atoms with Crippen molar-refractivity contribution in [2.75, 3.05) is 5.32 Å². The minimum absolute atomic E-state index is 0.134. The molecule has 1 aliphatic carbocycles. The zero-order chi connectivity index (χ0) is 14.7. The summed E-state index contributed by atoms with van der Waals surface area (Å²) in [6.07, 6.45) is 1.48. The predicted molar refractivity (Wildman–Crippen MR) is 67.3 cm³/mol. The number of carbonyl (C=O) groups is 2. The quantitative estimate of drug-likeness (QED) is 0.797. The van der Waals surface area contributed by atoms with Crippen molar-refractivity contribution in [3.05, 3.63) is 29.8 Å². The fourth-order valence-corrected chi connectivity index (χ4v) is 2.26. The Kier molecular flexibility index (Phi) is 4.16. The van der Waals surface area contributed by atoms with Gasteiger partial charge in [0.15, 0.2) is 11.6 Å². The number of aliphatic carboxylic acids is 1. The molecule has 0 radical (unpaired) electrons. The number of benzene rings is 1. The first-order valence-corrected chi connectivity index (χ1v) is 6.21. The van der Waals surface area contributed by atoms with Gasteiger partial charge in [0.25, 0.3) is 0 Å². The van der Waals surface area contributed by atoms with Gasteiger partial charge in [-0.15, -0.1) is 0 Å². The SMILES string of the molecule is O=C(Nc1ccc(F)c(F)c1)NC1CCC(C(=O)O)C1. The maximum atomic E-state index is 13.0. The highest BCUT2D eigenvalue weighted by Gasteiger charge is 2.30. The molecule has 7 heteroatoms. The third kappa shape index (κ3) is 3.43. The average Bonchev–Trinajstić information content (AvgIpc) is 2.82. The number of amides is 2. The first-order chi connectivity index (χ1) is 9.45. The molecule has 2 atom stereocenters. The summed E-state index contributed by atoms with van der Waals surface area (Å²) in [6, 6.07) is 2.26. The molecule has 1 aromatic carbocycles. The predicted octanol–water partition coefficient (Wildman–Crippen LogP) is 2.34. The number of nitrogens with one attached hydrogen (secondary N) is 2. The van der Waals surface area contributed by atoms with E-state index >= 15 is 0 Å². The Labute approximate surface area is 114 Å². The van der Waals surface area contributed by atoms with Crippen LogP contribution in [0.2, 0.25) is 0 Å². The van der Waals surface area contributed by atoms with Crippen LogP contribution in [0.3, 0.4) is 0 Å². The second-order valence-corrected chi connectivity index (χ2v) is 4.77. The molecule has 1 aliphatic rings. The van der Waals surface area contributed by atoms with Crippen LogP contribution in [-0.4, -0.2) is 23.1 Å². The van der Waals surface area contributed by atoms with Gasteiger partial charge >= 0.3 is 12.0 Å². The van der Waals surface area contributed by atoms with Gasteiger partial charge in [0, 0.05) is 17.8 Å². The fraction of sp³-hybridized carbons (Fsp3) is 0.385. The first kappa shape index (κ1) is 14.2. The van der Waals surface area contributed by atoms with Gasteiger partial charge in [-0.2, -0.15) is 0 Å². The number of anilines is 1. The lowest BCUT2D eigenvalue weighted by Crippen LogP contribution is -2.36. The third-order valence-electron chi connectivity index (χ3n) is 3.29. The lowest BCUT2D eigenvalue weighted by Gasteiger charge is -2.13. The van der Waals surface area contributed by atoms with Crippen LogP contribution in [0.25, 0.3) is 0 Å². The second-order valence-electron chi connectivity index (χ2n) is 4.77. The molecule has 2 amide bonds. The Morgan fingerprint density at radius 3 is 2.55 bits per heavy atom. The van der Waals surface area contributed by atoms with Crippen LogP contribution in [0.5, 0.6) is 0 Å². The van der Waals surface area contributed by atoms with Crippen LogP contribution in [0.1, 0.15) is 19.3 Å². The van der Waals surface area contributed by atoms with Crippen LogP contribution in [0.4, 0.5) is 19.3 Å². The summed E-state index contributed by atoms with van der Waals surface area (Å²) in [5.41, 5.74) is 0.134. The monoisotopic (exact) mass is 284 g/mol. The molecule has 1 saturated carbocycles. The van der Waals surface area contributed by atoms with Crippen LogP contribution >= 0.6 is 0 Å². The Balaban J connectivity index is 1.87. The molecule has 0 spiro atoms. The van der Waals surface area contributed by atoms with E-state index in [1.165, 1.54) is 6.07 Å². The number of carboxylic acid groups (broad SMARTS) is 1. The van der Waals surface area contributed by atoms with Crippen molar-refractivity contribution in [2.45, 2.75) is 25.3 Å². The molecule has 2 rings (SSSR count). The van der Waals surface area contributed by atoms with Crippen molar-refractivity contribution in [3.8, 4) is 0 Å². The molecule has 3 N–H and O–H groups in total. The minimum Gasteiger partial charge on any atom is -0.481 e. The van der Waals surface area contributed by atoms with Crippen molar-refractivity contribution in [1.82, 2.24) is 5.32 Å². The molecule has 0 heterocycles. The Bertz CT molecular complexity index is 536. The number of halogens is 2. The van der Waals surface area contributed by atoms with Crippen LogP contribution in [0, 0.1) is 17.6 Å². The fourth-order valence-electron chi connectivity index (χ4n) is 2.26. The Hall–Kier alpha value is -2.18. The topological polar surface area (TPSA) is 78.4 Å². The van der Waals surface area contributed by atoms with Crippen molar-refractivity contribution in [1.29, 1.82) is 0 Å². The summed E-state index contributed by atoms with van der Waals surface area (Å²) in [7, 11) is 0. The number of urea groups is 1. The van der Waals surface area contributed by atoms with E-state index in [1.807, 2.05) is 0 Å². The highest BCUT2D eigenvalue weighted by Crippen LogP contribution is 2.25. The van der Waals surface area contributed by atoms with Crippen LogP contribution in [-0.2, 0) is 4.79 Å². The molecule has 20 heavy (non-hydrogen) atoms. The summed E-state index contributed by atoms with van der Waals surface area (Å²) in [5, 5.41) is 13.8. The summed E-state index contributed by atoms with van der Waals surface area (Å²) in [4.78, 5) is 22.4. The minimum atomic E-state index is -1.05. The molecular weight excluding hydrogens is 270 g/mol. The molecule has 0 aromatic heterocycles. The number of carbonyl (C=O) groups excluding carboxylic acids is 1. The molecule has 0 bridgehead atoms. The van der Waals surface area contributed by atoms with Gasteiger partial charge in [0.05, 0.1) is 5.92 Å². The lowest BCUT2D eigenvalue weighted by molar-refractivity contribution is -0.141. The Morgan fingerprint density at radius 1 is 1.20 bits per heavy atom. The van der Waals surface area contributed by atoms with E-state index in [0.29, 0.717) is 19.3 Å². The molecule has 0 saturated heterocycles. The molecule has 2 unspecified atom stereocenters. The zero-order valence-corrected chi connectivity index (χ0v) is 10.5. The molecule has 108 valence electrons. The van der Waals surface area contributed by atoms with E-state index in [1.54, 1.807) is 0 Å². The van der Waals surface area contributed by atoms with Gasteiger partial charge in [-0.3, -0.25) is 4.79 Å². The number of hydrogen-bond donors (Lipinski definition) is 3. The number of hydrogen-bond acceptors (Lipinski definition) is 2. The summed E-state index contributed by atoms with van der Waals surface area (Å²) < 4.78 is 25.7. The molecule has 1 fully saturated rings. The van der Waals surface area contributed by atoms with E-state index in [0.717, 1.165) is 12.1 Å². The standard InChI is InChI=1S/C13H14F2N2O3/c14-10-4-3-9(6-11(10)15)17-13(20)16-8-2-1-7(5-8)12(18)19/h3-4,6-8H,1-2,5H2,(H,18,19)(H2,16,17,20). The summed E-state index contributed by atoms with van der Waals surface area (Å²) >= 11 is 0. The maximum absolute atomic E-state index is 13.0. The molecule has 5 nitrogen and oxygen atoms in total. The number of carboxylic acids is 1. The van der Waals surface area contributed by atoms with E-state index in [-0.39, 0.29) is 11.7 Å². The highest BCUT2D eigenvalue weighted by molar-refractivity contribution is 5.89. The van der Waals surface area contributed by atoms with Crippen LogP contribution in [0.15, 0.2) is 18.2 Å². The van der Waals surface area contributed by atoms with Gasteiger partial charge in [0.2, 0.25) is 0 Å². The summed E-state index contributed by atoms with van der Waals surface area (Å²) in [5.74, 6) is -3.34. The van der Waals surface area contributed by atoms with Gasteiger partial charge in [-0.1, -0.05) is 0 Å². The van der Waals surface area contributed by atoms with Gasteiger partial charge in [-0.25, -0.2) is 13.6 Å². The second kappa shape index (κ2) is 5.85. The maximum Gasteiger partial charge on any atom is 0.319 e. The third-order valence-corrected chi connectivity index (χ3v) is 3.29. The largest absolute Gasteiger partial charge is 0.481 e. The molecular formula is C13H14F2N2O3.